The molecule has 0 saturated carbocycles. The average Bonchev–Trinajstić information content (AvgIpc) is 2.25. The van der Waals surface area contributed by atoms with Gasteiger partial charge in [-0.25, -0.2) is 0 Å². The molecule has 0 spiro atoms. The van der Waals surface area contributed by atoms with Crippen LogP contribution in [0.25, 0.3) is 0 Å². The maximum atomic E-state index is 10.6. The first-order valence-electron chi connectivity index (χ1n) is 5.05. The minimum absolute atomic E-state index is 0.0172. The van der Waals surface area contributed by atoms with E-state index in [-0.39, 0.29) is 12.3 Å². The van der Waals surface area contributed by atoms with E-state index in [9.17, 15) is 10.1 Å². The summed E-state index contributed by atoms with van der Waals surface area (Å²) in [5.74, 6) is 1.53. The van der Waals surface area contributed by atoms with E-state index in [1.165, 1.54) is 6.07 Å². The topological polar surface area (TPSA) is 63.4 Å². The maximum Gasteiger partial charge on any atom is 0.274 e. The molecule has 0 aromatic heterocycles. The number of thioether (sulfide) groups is 1. The van der Waals surface area contributed by atoms with Gasteiger partial charge in [0.15, 0.2) is 0 Å². The normalized spacial score (nSPS) is 10.8. The zero-order valence-electron chi connectivity index (χ0n) is 9.34. The first-order valence-corrected chi connectivity index (χ1v) is 6.04. The van der Waals surface area contributed by atoms with Crippen molar-refractivity contribution in [2.24, 2.45) is 5.92 Å². The van der Waals surface area contributed by atoms with Crippen LogP contribution < -0.4 is 0 Å². The van der Waals surface area contributed by atoms with E-state index in [0.717, 1.165) is 10.6 Å². The number of nitro groups is 1. The standard InChI is InChI=1S/C11H15NO3S/c1-8(2)7-16-10-3-4-11(12(14)15)9(5-10)6-13/h3-5,8,13H,6-7H2,1-2H3. The maximum absolute atomic E-state index is 10.6. The quantitative estimate of drug-likeness (QED) is 0.489. The molecule has 0 heterocycles. The van der Waals surface area contributed by atoms with Crippen LogP contribution in [-0.2, 0) is 6.61 Å². The lowest BCUT2D eigenvalue weighted by molar-refractivity contribution is -0.385. The number of hydrogen-bond acceptors (Lipinski definition) is 4. The fourth-order valence-corrected chi connectivity index (χ4v) is 2.13. The molecule has 16 heavy (non-hydrogen) atoms. The molecule has 0 aliphatic rings. The van der Waals surface area contributed by atoms with E-state index in [0.29, 0.717) is 11.5 Å². The van der Waals surface area contributed by atoms with E-state index in [4.69, 9.17) is 5.11 Å². The van der Waals surface area contributed by atoms with Crippen LogP contribution >= 0.6 is 11.8 Å². The Morgan fingerprint density at radius 3 is 2.69 bits per heavy atom. The summed E-state index contributed by atoms with van der Waals surface area (Å²) >= 11 is 1.64. The van der Waals surface area contributed by atoms with E-state index < -0.39 is 4.92 Å². The third-order valence-electron chi connectivity index (χ3n) is 2.00. The van der Waals surface area contributed by atoms with Crippen molar-refractivity contribution in [3.8, 4) is 0 Å². The second-order valence-corrected chi connectivity index (χ2v) is 5.00. The van der Waals surface area contributed by atoms with Crippen LogP contribution in [0.1, 0.15) is 19.4 Å². The molecule has 0 radical (unpaired) electrons. The van der Waals surface area contributed by atoms with Crippen molar-refractivity contribution in [2.75, 3.05) is 5.75 Å². The van der Waals surface area contributed by atoms with Crippen LogP contribution in [0.2, 0.25) is 0 Å². The fourth-order valence-electron chi connectivity index (χ4n) is 1.22. The predicted molar refractivity (Wildman–Crippen MR) is 64.6 cm³/mol. The van der Waals surface area contributed by atoms with Gasteiger partial charge < -0.3 is 5.11 Å². The summed E-state index contributed by atoms with van der Waals surface area (Å²) in [6, 6.07) is 4.86. The van der Waals surface area contributed by atoms with Crippen molar-refractivity contribution in [2.45, 2.75) is 25.3 Å². The minimum Gasteiger partial charge on any atom is -0.391 e. The minimum atomic E-state index is -0.470. The van der Waals surface area contributed by atoms with Gasteiger partial charge in [0.05, 0.1) is 17.1 Å². The summed E-state index contributed by atoms with van der Waals surface area (Å²) in [7, 11) is 0. The third-order valence-corrected chi connectivity index (χ3v) is 3.42. The average molecular weight is 241 g/mol. The Hall–Kier alpha value is -1.07. The summed E-state index contributed by atoms with van der Waals surface area (Å²) in [4.78, 5) is 11.1. The molecule has 1 rings (SSSR count). The molecule has 0 amide bonds. The van der Waals surface area contributed by atoms with Crippen molar-refractivity contribution in [3.63, 3.8) is 0 Å². The SMILES string of the molecule is CC(C)CSc1ccc([N+](=O)[O-])c(CO)c1. The number of rotatable bonds is 5. The molecule has 1 aromatic carbocycles. The van der Waals surface area contributed by atoms with Crippen molar-refractivity contribution in [1.29, 1.82) is 0 Å². The van der Waals surface area contributed by atoms with Gasteiger partial charge >= 0.3 is 0 Å². The molecule has 0 atom stereocenters. The zero-order valence-corrected chi connectivity index (χ0v) is 10.2. The Kier molecular flexibility index (Phi) is 4.76. The Labute approximate surface area is 98.8 Å². The molecule has 0 saturated heterocycles. The van der Waals surface area contributed by atoms with Crippen LogP contribution in [0, 0.1) is 16.0 Å². The molecular weight excluding hydrogens is 226 g/mol. The summed E-state index contributed by atoms with van der Waals surface area (Å²) in [6.45, 7) is 3.93. The van der Waals surface area contributed by atoms with Crippen molar-refractivity contribution in [3.05, 3.63) is 33.9 Å². The Bertz CT molecular complexity index is 379. The summed E-state index contributed by atoms with van der Waals surface area (Å²) in [5.41, 5.74) is 0.357. The van der Waals surface area contributed by atoms with Crippen LogP contribution in [-0.4, -0.2) is 15.8 Å². The van der Waals surface area contributed by atoms with E-state index in [1.807, 2.05) is 0 Å². The van der Waals surface area contributed by atoms with Gasteiger partial charge in [-0.15, -0.1) is 11.8 Å². The first kappa shape index (κ1) is 13.0. The Balaban J connectivity index is 2.86. The molecule has 88 valence electrons. The summed E-state index contributed by atoms with van der Waals surface area (Å²) < 4.78 is 0. The second-order valence-electron chi connectivity index (χ2n) is 3.91. The highest BCUT2D eigenvalue weighted by molar-refractivity contribution is 7.99. The van der Waals surface area contributed by atoms with Gasteiger partial charge in [-0.3, -0.25) is 10.1 Å². The van der Waals surface area contributed by atoms with Gasteiger partial charge in [0.25, 0.3) is 5.69 Å². The number of nitro benzene ring substituents is 1. The molecule has 1 aromatic rings. The number of nitrogens with zero attached hydrogens (tertiary/aromatic N) is 1. The largest absolute Gasteiger partial charge is 0.391 e. The molecule has 4 nitrogen and oxygen atoms in total. The van der Waals surface area contributed by atoms with Crippen LogP contribution in [0.5, 0.6) is 0 Å². The fraction of sp³-hybridized carbons (Fsp3) is 0.455. The van der Waals surface area contributed by atoms with Gasteiger partial charge in [-0.05, 0) is 18.1 Å². The molecular formula is C11H15NO3S. The molecule has 1 N–H and O–H groups in total. The molecule has 0 fully saturated rings. The highest BCUT2D eigenvalue weighted by atomic mass is 32.2. The van der Waals surface area contributed by atoms with Gasteiger partial charge in [-0.1, -0.05) is 13.8 Å². The van der Waals surface area contributed by atoms with E-state index in [1.54, 1.807) is 23.9 Å². The van der Waals surface area contributed by atoms with Gasteiger partial charge in [0.1, 0.15) is 0 Å². The predicted octanol–water partition coefficient (Wildman–Crippen LogP) is 2.84. The monoisotopic (exact) mass is 241 g/mol. The zero-order chi connectivity index (χ0) is 12.1. The van der Waals surface area contributed by atoms with E-state index in [2.05, 4.69) is 13.8 Å². The van der Waals surface area contributed by atoms with Crippen LogP contribution in [0.15, 0.2) is 23.1 Å². The van der Waals surface area contributed by atoms with Crippen LogP contribution in [0.3, 0.4) is 0 Å². The molecule has 0 aliphatic heterocycles. The number of aliphatic hydroxyl groups is 1. The molecule has 5 heteroatoms. The smallest absolute Gasteiger partial charge is 0.274 e. The lowest BCUT2D eigenvalue weighted by Crippen LogP contribution is -1.96. The molecule has 0 bridgehead atoms. The second kappa shape index (κ2) is 5.86. The first-order chi connectivity index (χ1) is 7.54. The Morgan fingerprint density at radius 2 is 2.19 bits per heavy atom. The highest BCUT2D eigenvalue weighted by Gasteiger charge is 2.13. The number of hydrogen-bond donors (Lipinski definition) is 1. The highest BCUT2D eigenvalue weighted by Crippen LogP contribution is 2.27. The van der Waals surface area contributed by atoms with Gasteiger partial charge in [0.2, 0.25) is 0 Å². The third kappa shape index (κ3) is 3.50. The lowest BCUT2D eigenvalue weighted by Gasteiger charge is -2.06. The Morgan fingerprint density at radius 1 is 1.50 bits per heavy atom. The number of aliphatic hydroxyl groups excluding tert-OH is 1. The van der Waals surface area contributed by atoms with Gasteiger partial charge in [-0.2, -0.15) is 0 Å². The van der Waals surface area contributed by atoms with Gasteiger partial charge in [0, 0.05) is 16.7 Å². The van der Waals surface area contributed by atoms with Crippen molar-refractivity contribution >= 4 is 17.4 Å². The van der Waals surface area contributed by atoms with Crippen LogP contribution in [0.4, 0.5) is 5.69 Å². The van der Waals surface area contributed by atoms with E-state index >= 15 is 0 Å². The lowest BCUT2D eigenvalue weighted by atomic mass is 10.2. The molecule has 0 unspecified atom stereocenters. The summed E-state index contributed by atoms with van der Waals surface area (Å²) in [5, 5.41) is 19.7. The number of benzene rings is 1. The summed E-state index contributed by atoms with van der Waals surface area (Å²) in [6.07, 6.45) is 0. The van der Waals surface area contributed by atoms with Crippen molar-refractivity contribution < 1.29 is 10.0 Å². The molecule has 0 aliphatic carbocycles. The van der Waals surface area contributed by atoms with Crippen molar-refractivity contribution in [1.82, 2.24) is 0 Å².